The maximum atomic E-state index is 12.5. The van der Waals surface area contributed by atoms with E-state index < -0.39 is 0 Å². The molecule has 0 aliphatic heterocycles. The number of ether oxygens (including phenoxy) is 1. The number of carbonyl (C=O) groups excluding carboxylic acids is 2. The number of aryl methyl sites for hydroxylation is 2. The average Bonchev–Trinajstić information content (AvgIpc) is 2.94. The van der Waals surface area contributed by atoms with E-state index in [2.05, 4.69) is 15.4 Å². The summed E-state index contributed by atoms with van der Waals surface area (Å²) in [5, 5.41) is 7.98. The lowest BCUT2D eigenvalue weighted by Crippen LogP contribution is -2.27. The highest BCUT2D eigenvalue weighted by Crippen LogP contribution is 2.19. The quantitative estimate of drug-likeness (QED) is 0.745. The number of aromatic nitrogens is 3. The Kier molecular flexibility index (Phi) is 5.07. The summed E-state index contributed by atoms with van der Waals surface area (Å²) < 4.78 is 7.10. The Labute approximate surface area is 156 Å². The molecule has 2 aromatic heterocycles. The fraction of sp³-hybridized carbons (Fsp3) is 0.263. The summed E-state index contributed by atoms with van der Waals surface area (Å²) in [6.07, 6.45) is 1.53. The van der Waals surface area contributed by atoms with Gasteiger partial charge in [-0.15, -0.1) is 0 Å². The maximum absolute atomic E-state index is 12.5. The zero-order valence-electron chi connectivity index (χ0n) is 15.7. The van der Waals surface area contributed by atoms with Crippen molar-refractivity contribution in [1.29, 1.82) is 0 Å². The minimum Gasteiger partial charge on any atom is -0.484 e. The molecule has 3 aromatic rings. The van der Waals surface area contributed by atoms with Gasteiger partial charge in [-0.2, -0.15) is 5.10 Å². The van der Waals surface area contributed by atoms with Gasteiger partial charge >= 0.3 is 0 Å². The standard InChI is InChI=1S/C19H21N5O3/c1-12-16-9-13(10-20-18(16)24(4)22-12)19(26)21-14-5-7-15(8-6-14)27-11-17(25)23(2)3/h5-10H,11H2,1-4H3,(H,21,26). The summed E-state index contributed by atoms with van der Waals surface area (Å²) in [5.41, 5.74) is 2.63. The summed E-state index contributed by atoms with van der Waals surface area (Å²) in [4.78, 5) is 29.8. The molecule has 27 heavy (non-hydrogen) atoms. The summed E-state index contributed by atoms with van der Waals surface area (Å²) in [6.45, 7) is 1.85. The molecule has 0 atom stereocenters. The van der Waals surface area contributed by atoms with Crippen molar-refractivity contribution in [2.75, 3.05) is 26.0 Å². The molecule has 0 radical (unpaired) electrons. The van der Waals surface area contributed by atoms with E-state index in [-0.39, 0.29) is 18.4 Å². The van der Waals surface area contributed by atoms with Gasteiger partial charge in [-0.05, 0) is 37.3 Å². The van der Waals surface area contributed by atoms with E-state index in [0.717, 1.165) is 16.7 Å². The first-order valence-corrected chi connectivity index (χ1v) is 8.39. The SMILES string of the molecule is Cc1nn(C)c2ncc(C(=O)Nc3ccc(OCC(=O)N(C)C)cc3)cc12. The lowest BCUT2D eigenvalue weighted by atomic mass is 10.2. The largest absolute Gasteiger partial charge is 0.484 e. The van der Waals surface area contributed by atoms with Gasteiger partial charge < -0.3 is 15.0 Å². The first kappa shape index (κ1) is 18.4. The predicted octanol–water partition coefficient (Wildman–Crippen LogP) is 2.00. The van der Waals surface area contributed by atoms with Crippen molar-refractivity contribution in [3.05, 3.63) is 47.8 Å². The molecule has 2 heterocycles. The van der Waals surface area contributed by atoms with Crippen molar-refractivity contribution in [1.82, 2.24) is 19.7 Å². The lowest BCUT2D eigenvalue weighted by molar-refractivity contribution is -0.130. The van der Waals surface area contributed by atoms with Crippen LogP contribution in [0.2, 0.25) is 0 Å². The highest BCUT2D eigenvalue weighted by atomic mass is 16.5. The summed E-state index contributed by atoms with van der Waals surface area (Å²) >= 11 is 0. The van der Waals surface area contributed by atoms with Crippen LogP contribution in [0.3, 0.4) is 0 Å². The van der Waals surface area contributed by atoms with E-state index in [1.165, 1.54) is 11.1 Å². The number of rotatable bonds is 5. The smallest absolute Gasteiger partial charge is 0.259 e. The fourth-order valence-corrected chi connectivity index (χ4v) is 2.54. The van der Waals surface area contributed by atoms with Gasteiger partial charge in [0.05, 0.1) is 11.3 Å². The van der Waals surface area contributed by atoms with Crippen molar-refractivity contribution in [2.45, 2.75) is 6.92 Å². The van der Waals surface area contributed by atoms with Gasteiger partial charge in [-0.1, -0.05) is 0 Å². The second-order valence-corrected chi connectivity index (χ2v) is 6.36. The van der Waals surface area contributed by atoms with E-state index in [0.29, 0.717) is 17.0 Å². The summed E-state index contributed by atoms with van der Waals surface area (Å²) in [5.74, 6) is 0.169. The number of benzene rings is 1. The number of pyridine rings is 1. The molecule has 8 nitrogen and oxygen atoms in total. The fourth-order valence-electron chi connectivity index (χ4n) is 2.54. The Morgan fingerprint density at radius 2 is 1.93 bits per heavy atom. The van der Waals surface area contributed by atoms with E-state index in [1.54, 1.807) is 49.1 Å². The zero-order valence-corrected chi connectivity index (χ0v) is 15.7. The summed E-state index contributed by atoms with van der Waals surface area (Å²) in [6, 6.07) is 8.62. The van der Waals surface area contributed by atoms with Crippen LogP contribution in [0.25, 0.3) is 11.0 Å². The van der Waals surface area contributed by atoms with E-state index >= 15 is 0 Å². The minimum absolute atomic E-state index is 0.0329. The third-order valence-corrected chi connectivity index (χ3v) is 4.10. The van der Waals surface area contributed by atoms with E-state index in [4.69, 9.17) is 4.74 Å². The topological polar surface area (TPSA) is 89.4 Å². The Balaban J connectivity index is 1.67. The molecule has 0 unspecified atom stereocenters. The normalized spacial score (nSPS) is 10.7. The van der Waals surface area contributed by atoms with Crippen LogP contribution in [0.1, 0.15) is 16.1 Å². The van der Waals surface area contributed by atoms with Gasteiger partial charge in [0.25, 0.3) is 11.8 Å². The first-order valence-electron chi connectivity index (χ1n) is 8.39. The number of nitrogens with zero attached hydrogens (tertiary/aromatic N) is 4. The highest BCUT2D eigenvalue weighted by molar-refractivity contribution is 6.05. The van der Waals surface area contributed by atoms with Crippen molar-refractivity contribution in [3.8, 4) is 5.75 Å². The molecule has 0 bridgehead atoms. The minimum atomic E-state index is -0.260. The van der Waals surface area contributed by atoms with Crippen LogP contribution in [0.5, 0.6) is 5.75 Å². The van der Waals surface area contributed by atoms with Crippen molar-refractivity contribution in [2.24, 2.45) is 7.05 Å². The number of nitrogens with one attached hydrogen (secondary N) is 1. The number of hydrogen-bond acceptors (Lipinski definition) is 5. The van der Waals surface area contributed by atoms with Gasteiger partial charge in [0, 0.05) is 38.4 Å². The van der Waals surface area contributed by atoms with Crippen LogP contribution in [0.15, 0.2) is 36.5 Å². The second kappa shape index (κ2) is 7.45. The second-order valence-electron chi connectivity index (χ2n) is 6.36. The van der Waals surface area contributed by atoms with E-state index in [1.807, 2.05) is 14.0 Å². The molecule has 0 aliphatic carbocycles. The molecule has 2 amide bonds. The molecule has 140 valence electrons. The Hall–Kier alpha value is -3.42. The van der Waals surface area contributed by atoms with Crippen LogP contribution >= 0.6 is 0 Å². The molecule has 0 fully saturated rings. The Morgan fingerprint density at radius 3 is 2.59 bits per heavy atom. The number of likely N-dealkylation sites (N-methyl/N-ethyl adjacent to an activating group) is 1. The van der Waals surface area contributed by atoms with Crippen LogP contribution in [0, 0.1) is 6.92 Å². The number of fused-ring (bicyclic) bond motifs is 1. The maximum Gasteiger partial charge on any atom is 0.259 e. The van der Waals surface area contributed by atoms with Gasteiger partial charge in [-0.25, -0.2) is 4.98 Å². The number of anilines is 1. The van der Waals surface area contributed by atoms with Crippen molar-refractivity contribution in [3.63, 3.8) is 0 Å². The molecular formula is C19H21N5O3. The van der Waals surface area contributed by atoms with Crippen LogP contribution in [-0.2, 0) is 11.8 Å². The van der Waals surface area contributed by atoms with Crippen LogP contribution in [0.4, 0.5) is 5.69 Å². The molecule has 0 aliphatic rings. The molecule has 1 aromatic carbocycles. The Bertz CT molecular complexity index is 992. The third-order valence-electron chi connectivity index (χ3n) is 4.10. The van der Waals surface area contributed by atoms with Gasteiger partial charge in [0.1, 0.15) is 5.75 Å². The van der Waals surface area contributed by atoms with Crippen molar-refractivity contribution >= 4 is 28.5 Å². The number of hydrogen-bond donors (Lipinski definition) is 1. The molecule has 1 N–H and O–H groups in total. The molecule has 8 heteroatoms. The zero-order chi connectivity index (χ0) is 19.6. The third kappa shape index (κ3) is 4.05. The predicted molar refractivity (Wildman–Crippen MR) is 102 cm³/mol. The Morgan fingerprint density at radius 1 is 1.22 bits per heavy atom. The van der Waals surface area contributed by atoms with Crippen molar-refractivity contribution < 1.29 is 14.3 Å². The van der Waals surface area contributed by atoms with Crippen LogP contribution in [-0.4, -0.2) is 52.2 Å². The van der Waals surface area contributed by atoms with Crippen LogP contribution < -0.4 is 10.1 Å². The molecule has 0 spiro atoms. The molecule has 0 saturated carbocycles. The number of carbonyl (C=O) groups is 2. The first-order chi connectivity index (χ1) is 12.8. The van der Waals surface area contributed by atoms with E-state index in [9.17, 15) is 9.59 Å². The number of amides is 2. The van der Waals surface area contributed by atoms with Gasteiger partial charge in [0.15, 0.2) is 12.3 Å². The monoisotopic (exact) mass is 367 g/mol. The lowest BCUT2D eigenvalue weighted by Gasteiger charge is -2.11. The highest BCUT2D eigenvalue weighted by Gasteiger charge is 2.12. The average molecular weight is 367 g/mol. The summed E-state index contributed by atoms with van der Waals surface area (Å²) in [7, 11) is 5.16. The molecule has 3 rings (SSSR count). The van der Waals surface area contributed by atoms with Gasteiger partial charge in [0.2, 0.25) is 0 Å². The molecular weight excluding hydrogens is 346 g/mol. The van der Waals surface area contributed by atoms with Gasteiger partial charge in [-0.3, -0.25) is 14.3 Å². The molecule has 0 saturated heterocycles.